The lowest BCUT2D eigenvalue weighted by Gasteiger charge is -2.36. The van der Waals surface area contributed by atoms with E-state index in [1.165, 1.54) is 0 Å². The fraction of sp³-hybridized carbons (Fsp3) is 0.375. The van der Waals surface area contributed by atoms with Crippen LogP contribution in [0.5, 0.6) is 5.75 Å². The molecule has 18 heavy (non-hydrogen) atoms. The van der Waals surface area contributed by atoms with Crippen LogP contribution in [0.25, 0.3) is 0 Å². The molecule has 1 nitrogen and oxygen atoms in total. The van der Waals surface area contributed by atoms with E-state index in [2.05, 4.69) is 51.6 Å². The topological polar surface area (TPSA) is 9.23 Å². The normalized spacial score (nSPS) is 11.1. The Hall–Kier alpha value is -1.64. The van der Waals surface area contributed by atoms with Gasteiger partial charge in [-0.05, 0) is 48.0 Å². The molecule has 0 aliphatic rings. The predicted octanol–water partition coefficient (Wildman–Crippen LogP) is 4.06. The molecular weight excluding hydrogens is 236 g/mol. The summed E-state index contributed by atoms with van der Waals surface area (Å²) in [7, 11) is -1.84. The van der Waals surface area contributed by atoms with E-state index in [-0.39, 0.29) is 5.04 Å². The third-order valence-electron chi connectivity index (χ3n) is 3.33. The van der Waals surface area contributed by atoms with Gasteiger partial charge in [-0.3, -0.25) is 0 Å². The highest BCUT2D eigenvalue weighted by Gasteiger charge is 2.39. The van der Waals surface area contributed by atoms with E-state index in [0.717, 1.165) is 11.3 Å². The fourth-order valence-corrected chi connectivity index (χ4v) is 2.22. The third-order valence-corrected chi connectivity index (χ3v) is 7.67. The molecule has 0 fully saturated rings. The van der Waals surface area contributed by atoms with Crippen LogP contribution in [-0.2, 0) is 0 Å². The Bertz CT molecular complexity index is 518. The van der Waals surface area contributed by atoms with Crippen LogP contribution in [0.4, 0.5) is 0 Å². The Labute approximate surface area is 112 Å². The lowest BCUT2D eigenvalue weighted by molar-refractivity contribution is 0.491. The maximum atomic E-state index is 6.26. The van der Waals surface area contributed by atoms with Crippen LogP contribution in [0.2, 0.25) is 18.1 Å². The molecule has 0 aliphatic carbocycles. The van der Waals surface area contributed by atoms with E-state index in [9.17, 15) is 0 Å². The monoisotopic (exact) mass is 256 g/mol. The Morgan fingerprint density at radius 2 is 1.78 bits per heavy atom. The standard InChI is InChI=1S/C16H20OSi/c1-7-8-11-14-12-9-10-13-15(14)17-18(5,6)16(2,3)4/h1,9-10,12-13H,2-6H3. The average Bonchev–Trinajstić information content (AvgIpc) is 2.26. The van der Waals surface area contributed by atoms with Crippen molar-refractivity contribution in [1.82, 2.24) is 0 Å². The molecule has 0 bridgehead atoms. The van der Waals surface area contributed by atoms with Crippen LogP contribution in [0, 0.1) is 24.2 Å². The predicted molar refractivity (Wildman–Crippen MR) is 80.0 cm³/mol. The van der Waals surface area contributed by atoms with Gasteiger partial charge in [0.15, 0.2) is 0 Å². The SMILES string of the molecule is C#CC#Cc1ccccc1O[Si](C)(C)C(C)(C)C. The summed E-state index contributed by atoms with van der Waals surface area (Å²) in [6.45, 7) is 11.1. The van der Waals surface area contributed by atoms with Gasteiger partial charge in [0.2, 0.25) is 0 Å². The summed E-state index contributed by atoms with van der Waals surface area (Å²) in [4.78, 5) is 0. The molecule has 0 radical (unpaired) electrons. The second-order valence-corrected chi connectivity index (χ2v) is 10.5. The highest BCUT2D eigenvalue weighted by molar-refractivity contribution is 6.74. The van der Waals surface area contributed by atoms with E-state index >= 15 is 0 Å². The first-order chi connectivity index (χ1) is 8.28. The van der Waals surface area contributed by atoms with Crippen LogP contribution >= 0.6 is 0 Å². The molecule has 0 heterocycles. The number of hydrogen-bond donors (Lipinski definition) is 0. The van der Waals surface area contributed by atoms with Gasteiger partial charge in [-0.1, -0.05) is 32.9 Å². The van der Waals surface area contributed by atoms with E-state index in [1.54, 1.807) is 0 Å². The molecule has 0 spiro atoms. The van der Waals surface area contributed by atoms with Crippen molar-refractivity contribution >= 4 is 8.32 Å². The summed E-state index contributed by atoms with van der Waals surface area (Å²) in [6, 6.07) is 7.80. The van der Waals surface area contributed by atoms with Gasteiger partial charge in [-0.15, -0.1) is 6.42 Å². The fourth-order valence-electron chi connectivity index (χ4n) is 1.19. The zero-order chi connectivity index (χ0) is 13.8. The quantitative estimate of drug-likeness (QED) is 0.573. The minimum atomic E-state index is -1.84. The molecule has 1 rings (SSSR count). The van der Waals surface area contributed by atoms with E-state index in [0.29, 0.717) is 0 Å². The zero-order valence-electron chi connectivity index (χ0n) is 11.8. The Kier molecular flexibility index (Phi) is 4.27. The van der Waals surface area contributed by atoms with Gasteiger partial charge in [-0.2, -0.15) is 0 Å². The first-order valence-electron chi connectivity index (χ1n) is 6.02. The number of terminal acetylenes is 1. The van der Waals surface area contributed by atoms with E-state index < -0.39 is 8.32 Å². The molecule has 0 aromatic heterocycles. The Morgan fingerprint density at radius 3 is 2.33 bits per heavy atom. The van der Waals surface area contributed by atoms with Gasteiger partial charge in [-0.25, -0.2) is 0 Å². The van der Waals surface area contributed by atoms with Crippen LogP contribution in [-0.4, -0.2) is 8.32 Å². The van der Waals surface area contributed by atoms with Crippen LogP contribution in [0.1, 0.15) is 26.3 Å². The van der Waals surface area contributed by atoms with Crippen molar-refractivity contribution in [2.45, 2.75) is 38.9 Å². The van der Waals surface area contributed by atoms with Gasteiger partial charge in [0.1, 0.15) is 5.75 Å². The molecule has 0 atom stereocenters. The molecule has 2 heteroatoms. The zero-order valence-corrected chi connectivity index (χ0v) is 12.8. The lowest BCUT2D eigenvalue weighted by Crippen LogP contribution is -2.44. The summed E-state index contributed by atoms with van der Waals surface area (Å²) in [5.74, 6) is 8.76. The van der Waals surface area contributed by atoms with Gasteiger partial charge >= 0.3 is 0 Å². The summed E-state index contributed by atoms with van der Waals surface area (Å²) in [6.07, 6.45) is 5.17. The van der Waals surface area contributed by atoms with E-state index in [1.807, 2.05) is 24.3 Å². The molecule has 0 unspecified atom stereocenters. The van der Waals surface area contributed by atoms with Crippen molar-refractivity contribution in [3.8, 4) is 29.9 Å². The van der Waals surface area contributed by atoms with Crippen LogP contribution in [0.15, 0.2) is 24.3 Å². The lowest BCUT2D eigenvalue weighted by atomic mass is 10.2. The molecule has 0 amide bonds. The van der Waals surface area contributed by atoms with Crippen molar-refractivity contribution in [2.24, 2.45) is 0 Å². The summed E-state index contributed by atoms with van der Waals surface area (Å²) >= 11 is 0. The average molecular weight is 256 g/mol. The highest BCUT2D eigenvalue weighted by atomic mass is 28.4. The molecule has 0 saturated heterocycles. The molecular formula is C16H20OSi. The maximum absolute atomic E-state index is 6.26. The summed E-state index contributed by atoms with van der Waals surface area (Å²) in [5, 5.41) is 0.166. The minimum absolute atomic E-state index is 0.166. The Balaban J connectivity index is 3.10. The van der Waals surface area contributed by atoms with Crippen LogP contribution in [0.3, 0.4) is 0 Å². The molecule has 94 valence electrons. The first-order valence-corrected chi connectivity index (χ1v) is 8.93. The van der Waals surface area contributed by atoms with Gasteiger partial charge in [0.25, 0.3) is 8.32 Å². The molecule has 0 saturated carbocycles. The van der Waals surface area contributed by atoms with Gasteiger partial charge < -0.3 is 4.43 Å². The van der Waals surface area contributed by atoms with Gasteiger partial charge in [0, 0.05) is 0 Å². The summed E-state index contributed by atoms with van der Waals surface area (Å²) < 4.78 is 6.26. The van der Waals surface area contributed by atoms with Crippen molar-refractivity contribution in [3.05, 3.63) is 29.8 Å². The first kappa shape index (κ1) is 14.4. The Morgan fingerprint density at radius 1 is 1.17 bits per heavy atom. The second-order valence-electron chi connectivity index (χ2n) is 5.75. The van der Waals surface area contributed by atoms with Crippen molar-refractivity contribution < 1.29 is 4.43 Å². The van der Waals surface area contributed by atoms with Crippen LogP contribution < -0.4 is 4.43 Å². The third kappa shape index (κ3) is 3.42. The smallest absolute Gasteiger partial charge is 0.250 e. The van der Waals surface area contributed by atoms with Crippen molar-refractivity contribution in [1.29, 1.82) is 0 Å². The minimum Gasteiger partial charge on any atom is -0.543 e. The molecule has 1 aromatic rings. The largest absolute Gasteiger partial charge is 0.543 e. The maximum Gasteiger partial charge on any atom is 0.250 e. The summed E-state index contributed by atoms with van der Waals surface area (Å²) in [5.41, 5.74) is 0.861. The molecule has 0 aliphatic heterocycles. The number of hydrogen-bond acceptors (Lipinski definition) is 1. The van der Waals surface area contributed by atoms with E-state index in [4.69, 9.17) is 10.8 Å². The van der Waals surface area contributed by atoms with Crippen molar-refractivity contribution in [3.63, 3.8) is 0 Å². The highest BCUT2D eigenvalue weighted by Crippen LogP contribution is 2.37. The number of benzene rings is 1. The molecule has 0 N–H and O–H groups in total. The number of rotatable bonds is 2. The van der Waals surface area contributed by atoms with Gasteiger partial charge in [0.05, 0.1) is 5.56 Å². The molecule has 1 aromatic carbocycles. The second kappa shape index (κ2) is 5.34. The van der Waals surface area contributed by atoms with Crippen molar-refractivity contribution in [2.75, 3.05) is 0 Å². The number of para-hydroxylation sites is 1.